The fourth-order valence-electron chi connectivity index (χ4n) is 2.94. The monoisotopic (exact) mass is 246 g/mol. The molecule has 0 saturated carbocycles. The average Bonchev–Trinajstić information content (AvgIpc) is 2.40. The third-order valence-electron chi connectivity index (χ3n) is 3.74. The molecule has 0 saturated heterocycles. The summed E-state index contributed by atoms with van der Waals surface area (Å²) in [4.78, 5) is 2.60. The van der Waals surface area contributed by atoms with E-state index in [1.54, 1.807) is 0 Å². The Bertz CT molecular complexity index is 356. The van der Waals surface area contributed by atoms with Gasteiger partial charge in [-0.15, -0.1) is 0 Å². The van der Waals surface area contributed by atoms with Gasteiger partial charge in [0.1, 0.15) is 0 Å². The Morgan fingerprint density at radius 2 is 1.89 bits per heavy atom. The van der Waals surface area contributed by atoms with Gasteiger partial charge >= 0.3 is 0 Å². The highest BCUT2D eigenvalue weighted by Crippen LogP contribution is 2.23. The zero-order valence-corrected chi connectivity index (χ0v) is 11.8. The number of fused-ring (bicyclic) bond motifs is 1. The molecule has 1 aromatic rings. The van der Waals surface area contributed by atoms with Gasteiger partial charge in [-0.3, -0.25) is 0 Å². The predicted octanol–water partition coefficient (Wildman–Crippen LogP) is 3.00. The second kappa shape index (κ2) is 6.91. The summed E-state index contributed by atoms with van der Waals surface area (Å²) < 4.78 is 0. The van der Waals surface area contributed by atoms with Crippen LogP contribution >= 0.6 is 0 Å². The summed E-state index contributed by atoms with van der Waals surface area (Å²) >= 11 is 0. The minimum Gasteiger partial charge on any atom is -0.309 e. The molecule has 1 aliphatic rings. The van der Waals surface area contributed by atoms with E-state index in [-0.39, 0.29) is 0 Å². The SMILES string of the molecule is CCCN(CCC)CC1NCCc2ccccc21. The van der Waals surface area contributed by atoms with Crippen molar-refractivity contribution in [2.45, 2.75) is 39.2 Å². The molecule has 0 radical (unpaired) electrons. The molecule has 2 heteroatoms. The fourth-order valence-corrected chi connectivity index (χ4v) is 2.94. The van der Waals surface area contributed by atoms with Gasteiger partial charge < -0.3 is 10.2 Å². The van der Waals surface area contributed by atoms with Crippen molar-refractivity contribution in [2.75, 3.05) is 26.2 Å². The van der Waals surface area contributed by atoms with E-state index in [0.717, 1.165) is 13.1 Å². The molecular weight excluding hydrogens is 220 g/mol. The Balaban J connectivity index is 2.05. The van der Waals surface area contributed by atoms with Crippen molar-refractivity contribution in [2.24, 2.45) is 0 Å². The summed E-state index contributed by atoms with van der Waals surface area (Å²) in [5.74, 6) is 0. The molecule has 2 rings (SSSR count). The van der Waals surface area contributed by atoms with E-state index in [1.165, 1.54) is 43.5 Å². The summed E-state index contributed by atoms with van der Waals surface area (Å²) in [6.45, 7) is 9.24. The summed E-state index contributed by atoms with van der Waals surface area (Å²) in [6, 6.07) is 9.43. The van der Waals surface area contributed by atoms with Gasteiger partial charge in [0.25, 0.3) is 0 Å². The molecule has 2 nitrogen and oxygen atoms in total. The Morgan fingerprint density at radius 3 is 2.61 bits per heavy atom. The molecule has 0 amide bonds. The lowest BCUT2D eigenvalue weighted by molar-refractivity contribution is 0.239. The Morgan fingerprint density at radius 1 is 1.17 bits per heavy atom. The van der Waals surface area contributed by atoms with Gasteiger partial charge in [0.15, 0.2) is 0 Å². The molecule has 0 spiro atoms. The summed E-state index contributed by atoms with van der Waals surface area (Å²) in [5, 5.41) is 3.68. The van der Waals surface area contributed by atoms with Crippen molar-refractivity contribution in [3.05, 3.63) is 35.4 Å². The van der Waals surface area contributed by atoms with Crippen LogP contribution in [0, 0.1) is 0 Å². The van der Waals surface area contributed by atoms with E-state index in [9.17, 15) is 0 Å². The number of rotatable bonds is 6. The highest BCUT2D eigenvalue weighted by atomic mass is 15.1. The quantitative estimate of drug-likeness (QED) is 0.830. The van der Waals surface area contributed by atoms with Crippen LogP contribution in [0.2, 0.25) is 0 Å². The standard InChI is InChI=1S/C16H26N2/c1-3-11-18(12-4-2)13-16-15-8-6-5-7-14(15)9-10-17-16/h5-8,16-17H,3-4,9-13H2,1-2H3. The summed E-state index contributed by atoms with van der Waals surface area (Å²) in [6.07, 6.45) is 3.66. The maximum Gasteiger partial charge on any atom is 0.0452 e. The van der Waals surface area contributed by atoms with Gasteiger partial charge in [0.2, 0.25) is 0 Å². The lowest BCUT2D eigenvalue weighted by atomic mass is 9.94. The van der Waals surface area contributed by atoms with Gasteiger partial charge in [-0.05, 0) is 50.0 Å². The van der Waals surface area contributed by atoms with Crippen molar-refractivity contribution in [3.63, 3.8) is 0 Å². The highest BCUT2D eigenvalue weighted by molar-refractivity contribution is 5.32. The van der Waals surface area contributed by atoms with Crippen molar-refractivity contribution in [1.82, 2.24) is 10.2 Å². The van der Waals surface area contributed by atoms with Crippen LogP contribution in [0.4, 0.5) is 0 Å². The first-order chi connectivity index (χ1) is 8.85. The molecule has 0 fully saturated rings. The van der Waals surface area contributed by atoms with Crippen LogP contribution in [0.3, 0.4) is 0 Å². The van der Waals surface area contributed by atoms with Crippen molar-refractivity contribution >= 4 is 0 Å². The predicted molar refractivity (Wildman–Crippen MR) is 77.9 cm³/mol. The maximum absolute atomic E-state index is 3.68. The maximum atomic E-state index is 3.68. The van der Waals surface area contributed by atoms with E-state index in [0.29, 0.717) is 6.04 Å². The van der Waals surface area contributed by atoms with E-state index in [1.807, 2.05) is 0 Å². The normalized spacial score (nSPS) is 18.9. The fraction of sp³-hybridized carbons (Fsp3) is 0.625. The van der Waals surface area contributed by atoms with Gasteiger partial charge in [-0.25, -0.2) is 0 Å². The lowest BCUT2D eigenvalue weighted by Gasteiger charge is -2.32. The largest absolute Gasteiger partial charge is 0.309 e. The number of nitrogens with zero attached hydrogens (tertiary/aromatic N) is 1. The van der Waals surface area contributed by atoms with Gasteiger partial charge in [-0.1, -0.05) is 38.1 Å². The van der Waals surface area contributed by atoms with Gasteiger partial charge in [0.05, 0.1) is 0 Å². The third kappa shape index (κ3) is 3.33. The van der Waals surface area contributed by atoms with Crippen molar-refractivity contribution in [1.29, 1.82) is 0 Å². The number of nitrogens with one attached hydrogen (secondary N) is 1. The molecular formula is C16H26N2. The van der Waals surface area contributed by atoms with Crippen LogP contribution in [0.15, 0.2) is 24.3 Å². The van der Waals surface area contributed by atoms with Gasteiger partial charge in [-0.2, -0.15) is 0 Å². The summed E-state index contributed by atoms with van der Waals surface area (Å²) in [7, 11) is 0. The van der Waals surface area contributed by atoms with Crippen LogP contribution in [0.5, 0.6) is 0 Å². The zero-order valence-electron chi connectivity index (χ0n) is 11.8. The molecule has 0 bridgehead atoms. The van der Waals surface area contributed by atoms with Crippen molar-refractivity contribution < 1.29 is 0 Å². The number of hydrogen-bond donors (Lipinski definition) is 1. The van der Waals surface area contributed by atoms with Crippen molar-refractivity contribution in [3.8, 4) is 0 Å². The van der Waals surface area contributed by atoms with E-state index < -0.39 is 0 Å². The Hall–Kier alpha value is -0.860. The molecule has 0 aromatic heterocycles. The Labute approximate surface area is 111 Å². The van der Waals surface area contributed by atoms with E-state index in [4.69, 9.17) is 0 Å². The molecule has 18 heavy (non-hydrogen) atoms. The van der Waals surface area contributed by atoms with E-state index in [2.05, 4.69) is 48.3 Å². The Kier molecular flexibility index (Phi) is 5.21. The molecule has 100 valence electrons. The second-order valence-corrected chi connectivity index (χ2v) is 5.26. The smallest absolute Gasteiger partial charge is 0.0452 e. The third-order valence-corrected chi connectivity index (χ3v) is 3.74. The van der Waals surface area contributed by atoms with Crippen LogP contribution in [-0.2, 0) is 6.42 Å². The number of hydrogen-bond acceptors (Lipinski definition) is 2. The molecule has 1 heterocycles. The molecule has 0 aliphatic carbocycles. The van der Waals surface area contributed by atoms with Crippen LogP contribution in [0.25, 0.3) is 0 Å². The molecule has 1 aliphatic heterocycles. The summed E-state index contributed by atoms with van der Waals surface area (Å²) in [5.41, 5.74) is 3.05. The number of benzene rings is 1. The second-order valence-electron chi connectivity index (χ2n) is 5.26. The minimum absolute atomic E-state index is 0.521. The van der Waals surface area contributed by atoms with Crippen LogP contribution < -0.4 is 5.32 Å². The van der Waals surface area contributed by atoms with E-state index >= 15 is 0 Å². The zero-order chi connectivity index (χ0) is 12.8. The molecule has 1 atom stereocenters. The minimum atomic E-state index is 0.521. The first kappa shape index (κ1) is 13.6. The van der Waals surface area contributed by atoms with Crippen LogP contribution in [-0.4, -0.2) is 31.1 Å². The molecule has 1 unspecified atom stereocenters. The first-order valence-electron chi connectivity index (χ1n) is 7.38. The molecule has 1 aromatic carbocycles. The topological polar surface area (TPSA) is 15.3 Å². The molecule has 1 N–H and O–H groups in total. The first-order valence-corrected chi connectivity index (χ1v) is 7.38. The average molecular weight is 246 g/mol. The lowest BCUT2D eigenvalue weighted by Crippen LogP contribution is -2.39. The van der Waals surface area contributed by atoms with Gasteiger partial charge in [0, 0.05) is 12.6 Å². The highest BCUT2D eigenvalue weighted by Gasteiger charge is 2.20. The van der Waals surface area contributed by atoms with Crippen LogP contribution in [0.1, 0.15) is 43.9 Å².